The molecule has 0 radical (unpaired) electrons. The van der Waals surface area contributed by atoms with Crippen molar-refractivity contribution in [1.82, 2.24) is 14.8 Å². The molecule has 1 aromatic carbocycles. The van der Waals surface area contributed by atoms with E-state index in [1.54, 1.807) is 13.0 Å². The molecule has 0 amide bonds. The van der Waals surface area contributed by atoms with E-state index < -0.39 is 38.8 Å². The van der Waals surface area contributed by atoms with Crippen LogP contribution in [0.2, 0.25) is 0 Å². The number of hydrogen-bond acceptors (Lipinski definition) is 4. The molecule has 1 aliphatic rings. The van der Waals surface area contributed by atoms with E-state index in [2.05, 4.69) is 10.1 Å². The number of rotatable bonds is 3. The highest BCUT2D eigenvalue weighted by molar-refractivity contribution is 7.91. The Hall–Kier alpha value is -1.97. The zero-order valence-electron chi connectivity index (χ0n) is 11.7. The number of benzene rings is 1. The number of nitrogens with zero attached hydrogens (tertiary/aromatic N) is 3. The molecular weight excluding hydrogens is 338 g/mol. The molecule has 0 bridgehead atoms. The number of hydrogen-bond donors (Lipinski definition) is 0. The van der Waals surface area contributed by atoms with E-state index in [1.807, 2.05) is 0 Å². The van der Waals surface area contributed by atoms with Crippen molar-refractivity contribution >= 4 is 9.84 Å². The molecule has 5 nitrogen and oxygen atoms in total. The number of sulfone groups is 1. The van der Waals surface area contributed by atoms with Crippen LogP contribution in [0.1, 0.15) is 35.6 Å². The van der Waals surface area contributed by atoms with Crippen LogP contribution >= 0.6 is 0 Å². The van der Waals surface area contributed by atoms with E-state index in [4.69, 9.17) is 0 Å². The van der Waals surface area contributed by atoms with Gasteiger partial charge in [0.25, 0.3) is 15.0 Å². The Labute approximate surface area is 128 Å². The van der Waals surface area contributed by atoms with Crippen molar-refractivity contribution < 1.29 is 26.0 Å². The van der Waals surface area contributed by atoms with Gasteiger partial charge in [-0.05, 0) is 24.1 Å². The van der Waals surface area contributed by atoms with Gasteiger partial charge in [0, 0.05) is 6.42 Å². The van der Waals surface area contributed by atoms with Crippen molar-refractivity contribution in [2.24, 2.45) is 0 Å². The fourth-order valence-corrected chi connectivity index (χ4v) is 3.03. The van der Waals surface area contributed by atoms with Crippen LogP contribution in [0.5, 0.6) is 0 Å². The van der Waals surface area contributed by atoms with Gasteiger partial charge in [-0.25, -0.2) is 21.9 Å². The molecule has 0 N–H and O–H groups in total. The first-order valence-electron chi connectivity index (χ1n) is 6.60. The Kier molecular flexibility index (Phi) is 3.66. The molecule has 124 valence electrons. The standard InChI is InChI=1S/C13H11F4N3O2S/c1-6-2-3-7(4-8(6)14)10-5-9(15)11-18-13(19-20(10)11)23(21,22)12(16)17/h2-4,9-10,12H,5H2,1H3/t9-,10-/m0/s1. The Morgan fingerprint density at radius 1 is 1.35 bits per heavy atom. The first-order chi connectivity index (χ1) is 10.7. The van der Waals surface area contributed by atoms with E-state index in [0.29, 0.717) is 11.1 Å². The van der Waals surface area contributed by atoms with Gasteiger partial charge in [0.05, 0.1) is 6.04 Å². The van der Waals surface area contributed by atoms with Gasteiger partial charge in [-0.2, -0.15) is 13.8 Å². The summed E-state index contributed by atoms with van der Waals surface area (Å²) in [6.07, 6.45) is -1.79. The van der Waals surface area contributed by atoms with Gasteiger partial charge in [-0.1, -0.05) is 12.1 Å². The van der Waals surface area contributed by atoms with E-state index in [0.717, 1.165) is 4.68 Å². The Morgan fingerprint density at radius 2 is 2.04 bits per heavy atom. The number of aromatic nitrogens is 3. The lowest BCUT2D eigenvalue weighted by Crippen LogP contribution is -2.15. The maximum Gasteiger partial charge on any atom is 0.344 e. The fourth-order valence-electron chi connectivity index (χ4n) is 2.45. The molecule has 2 atom stereocenters. The average molecular weight is 349 g/mol. The second-order valence-electron chi connectivity index (χ2n) is 5.23. The van der Waals surface area contributed by atoms with Crippen LogP contribution in [0.25, 0.3) is 0 Å². The van der Waals surface area contributed by atoms with Gasteiger partial charge in [0.1, 0.15) is 5.82 Å². The lowest BCUT2D eigenvalue weighted by atomic mass is 10.0. The summed E-state index contributed by atoms with van der Waals surface area (Å²) in [6, 6.07) is 3.42. The summed E-state index contributed by atoms with van der Waals surface area (Å²) in [5, 5.41) is 2.40. The molecule has 0 aliphatic carbocycles. The summed E-state index contributed by atoms with van der Waals surface area (Å²) < 4.78 is 76.6. The van der Waals surface area contributed by atoms with Gasteiger partial charge in [0.15, 0.2) is 12.0 Å². The molecule has 1 aliphatic heterocycles. The molecule has 10 heteroatoms. The third-order valence-corrected chi connectivity index (χ3v) is 4.86. The van der Waals surface area contributed by atoms with Crippen LogP contribution in [0.15, 0.2) is 23.4 Å². The summed E-state index contributed by atoms with van der Waals surface area (Å²) >= 11 is 0. The van der Waals surface area contributed by atoms with Crippen LogP contribution in [-0.4, -0.2) is 28.9 Å². The summed E-state index contributed by atoms with van der Waals surface area (Å²) in [5.41, 5.74) is 0.753. The van der Waals surface area contributed by atoms with Crippen molar-refractivity contribution in [3.63, 3.8) is 0 Å². The summed E-state index contributed by atoms with van der Waals surface area (Å²) in [6.45, 7) is 1.56. The minimum Gasteiger partial charge on any atom is -0.239 e. The van der Waals surface area contributed by atoms with Crippen LogP contribution in [0, 0.1) is 12.7 Å². The topological polar surface area (TPSA) is 64.8 Å². The molecule has 2 aromatic rings. The summed E-state index contributed by atoms with van der Waals surface area (Å²) in [5.74, 6) is -4.55. The molecule has 0 saturated heterocycles. The molecular formula is C13H11F4N3O2S. The highest BCUT2D eigenvalue weighted by Crippen LogP contribution is 2.40. The summed E-state index contributed by atoms with van der Waals surface area (Å²) in [7, 11) is -5.02. The quantitative estimate of drug-likeness (QED) is 0.800. The predicted octanol–water partition coefficient (Wildman–Crippen LogP) is 2.73. The van der Waals surface area contributed by atoms with Crippen molar-refractivity contribution in [3.05, 3.63) is 41.0 Å². The largest absolute Gasteiger partial charge is 0.344 e. The lowest BCUT2D eigenvalue weighted by molar-refractivity contribution is 0.233. The first-order valence-corrected chi connectivity index (χ1v) is 8.15. The summed E-state index contributed by atoms with van der Waals surface area (Å²) in [4.78, 5) is 3.40. The third kappa shape index (κ3) is 2.50. The molecule has 3 rings (SSSR count). The highest BCUT2D eigenvalue weighted by Gasteiger charge is 2.40. The van der Waals surface area contributed by atoms with E-state index in [9.17, 15) is 26.0 Å². The van der Waals surface area contributed by atoms with Gasteiger partial charge < -0.3 is 0 Å². The van der Waals surface area contributed by atoms with Gasteiger partial charge >= 0.3 is 5.76 Å². The Bertz CT molecular complexity index is 866. The molecule has 2 heterocycles. The molecule has 1 aromatic heterocycles. The molecule has 0 spiro atoms. The van der Waals surface area contributed by atoms with Gasteiger partial charge in [-0.15, -0.1) is 5.10 Å². The minimum atomic E-state index is -5.02. The van der Waals surface area contributed by atoms with E-state index >= 15 is 0 Å². The lowest BCUT2D eigenvalue weighted by Gasteiger charge is -2.12. The predicted molar refractivity (Wildman–Crippen MR) is 71.0 cm³/mol. The van der Waals surface area contributed by atoms with Crippen LogP contribution in [0.4, 0.5) is 17.6 Å². The zero-order valence-corrected chi connectivity index (χ0v) is 12.6. The second-order valence-corrected chi connectivity index (χ2v) is 7.04. The second kappa shape index (κ2) is 5.29. The smallest absolute Gasteiger partial charge is 0.239 e. The monoisotopic (exact) mass is 349 g/mol. The van der Waals surface area contributed by atoms with Gasteiger partial charge in [-0.3, -0.25) is 0 Å². The van der Waals surface area contributed by atoms with Crippen LogP contribution < -0.4 is 0 Å². The van der Waals surface area contributed by atoms with E-state index in [-0.39, 0.29) is 12.2 Å². The van der Waals surface area contributed by atoms with Crippen molar-refractivity contribution in [3.8, 4) is 0 Å². The fraction of sp³-hybridized carbons (Fsp3) is 0.385. The maximum absolute atomic E-state index is 14.0. The normalized spacial score (nSPS) is 21.0. The molecule has 0 fully saturated rings. The van der Waals surface area contributed by atoms with Crippen molar-refractivity contribution in [1.29, 1.82) is 0 Å². The first kappa shape index (κ1) is 15.9. The molecule has 0 saturated carbocycles. The third-order valence-electron chi connectivity index (χ3n) is 3.71. The molecule has 23 heavy (non-hydrogen) atoms. The molecule has 0 unspecified atom stereocenters. The SMILES string of the molecule is Cc1ccc([C@@H]2C[C@H](F)c3nc(S(=O)(=O)C(F)F)nn32)cc1F. The maximum atomic E-state index is 14.0. The van der Waals surface area contributed by atoms with Crippen LogP contribution in [0.3, 0.4) is 0 Å². The Balaban J connectivity index is 2.07. The average Bonchev–Trinajstić information content (AvgIpc) is 3.03. The van der Waals surface area contributed by atoms with Gasteiger partial charge in [0.2, 0.25) is 0 Å². The minimum absolute atomic E-state index is 0.118. The van der Waals surface area contributed by atoms with Crippen molar-refractivity contribution in [2.75, 3.05) is 0 Å². The number of halogens is 4. The zero-order chi connectivity index (χ0) is 16.9. The number of fused-ring (bicyclic) bond motifs is 1. The van der Waals surface area contributed by atoms with Crippen molar-refractivity contribution in [2.45, 2.75) is 36.5 Å². The highest BCUT2D eigenvalue weighted by atomic mass is 32.2. The van der Waals surface area contributed by atoms with E-state index in [1.165, 1.54) is 12.1 Å². The number of alkyl halides is 3. The number of aryl methyl sites for hydroxylation is 1. The Morgan fingerprint density at radius 3 is 2.65 bits per heavy atom. The van der Waals surface area contributed by atoms with Crippen LogP contribution in [-0.2, 0) is 9.84 Å².